The number of fused-ring (bicyclic) bond motifs is 1. The number of pyridine rings is 1. The molecule has 134 valence electrons. The van der Waals surface area contributed by atoms with Crippen LogP contribution < -0.4 is 0 Å². The molecule has 0 bridgehead atoms. The Morgan fingerprint density at radius 1 is 1.04 bits per heavy atom. The van der Waals surface area contributed by atoms with Crippen LogP contribution in [-0.4, -0.2) is 37.1 Å². The predicted octanol–water partition coefficient (Wildman–Crippen LogP) is 3.04. The molecule has 1 amide bonds. The molecule has 2 aromatic heterocycles. The summed E-state index contributed by atoms with van der Waals surface area (Å²) in [5.74, 6) is 7.07. The summed E-state index contributed by atoms with van der Waals surface area (Å²) in [5, 5.41) is 9.42. The first-order valence-electron chi connectivity index (χ1n) is 8.20. The highest BCUT2D eigenvalue weighted by atomic mass is 35.5. The van der Waals surface area contributed by atoms with E-state index in [4.69, 9.17) is 23.2 Å². The fraction of sp³-hybridized carbons (Fsp3) is 0.158. The molecular weight excluding hydrogens is 385 g/mol. The summed E-state index contributed by atoms with van der Waals surface area (Å²) in [6, 6.07) is 10.3. The third-order valence-corrected chi connectivity index (χ3v) is 4.61. The fourth-order valence-corrected chi connectivity index (χ4v) is 3.17. The minimum Gasteiger partial charge on any atom is -0.329 e. The largest absolute Gasteiger partial charge is 0.329 e. The summed E-state index contributed by atoms with van der Waals surface area (Å²) in [4.78, 5) is 18.5. The van der Waals surface area contributed by atoms with E-state index in [2.05, 4.69) is 27.0 Å². The van der Waals surface area contributed by atoms with Gasteiger partial charge >= 0.3 is 0 Å². The van der Waals surface area contributed by atoms with Gasteiger partial charge in [0, 0.05) is 34.9 Å². The van der Waals surface area contributed by atoms with Crippen molar-refractivity contribution < 1.29 is 4.79 Å². The molecule has 1 aliphatic heterocycles. The van der Waals surface area contributed by atoms with Gasteiger partial charge in [0.25, 0.3) is 5.91 Å². The summed E-state index contributed by atoms with van der Waals surface area (Å²) >= 11 is 11.9. The average molecular weight is 398 g/mol. The van der Waals surface area contributed by atoms with Crippen LogP contribution in [0.4, 0.5) is 0 Å². The molecule has 0 fully saturated rings. The third-order valence-electron chi connectivity index (χ3n) is 4.14. The van der Waals surface area contributed by atoms with Crippen LogP contribution in [0.25, 0.3) is 0 Å². The molecule has 0 atom stereocenters. The average Bonchev–Trinajstić information content (AvgIpc) is 3.08. The molecule has 1 aliphatic rings. The van der Waals surface area contributed by atoms with Crippen LogP contribution in [0.5, 0.6) is 0 Å². The summed E-state index contributed by atoms with van der Waals surface area (Å²) in [6.45, 7) is 1.48. The Bertz CT molecular complexity index is 1080. The van der Waals surface area contributed by atoms with Gasteiger partial charge in [0.15, 0.2) is 5.82 Å². The van der Waals surface area contributed by atoms with E-state index in [-0.39, 0.29) is 5.91 Å². The SMILES string of the molecule is O=C(c1cccc(Cl)c1)N1CCn2c(C#Cc3cc(Cl)ccn3)nnc2C1. The molecule has 6 nitrogen and oxygen atoms in total. The van der Waals surface area contributed by atoms with Crippen molar-refractivity contribution in [2.75, 3.05) is 6.54 Å². The maximum atomic E-state index is 12.7. The number of rotatable bonds is 1. The van der Waals surface area contributed by atoms with Crippen LogP contribution in [0.3, 0.4) is 0 Å². The Labute approximate surface area is 165 Å². The normalized spacial score (nSPS) is 12.9. The number of amides is 1. The van der Waals surface area contributed by atoms with Crippen molar-refractivity contribution in [1.29, 1.82) is 0 Å². The molecule has 4 rings (SSSR count). The number of carbonyl (C=O) groups is 1. The molecule has 0 radical (unpaired) electrons. The van der Waals surface area contributed by atoms with Crippen LogP contribution in [-0.2, 0) is 13.1 Å². The molecule has 0 N–H and O–H groups in total. The van der Waals surface area contributed by atoms with E-state index < -0.39 is 0 Å². The summed E-state index contributed by atoms with van der Waals surface area (Å²) in [7, 11) is 0. The summed E-state index contributed by atoms with van der Waals surface area (Å²) in [5.41, 5.74) is 1.12. The molecule has 0 saturated carbocycles. The van der Waals surface area contributed by atoms with Gasteiger partial charge in [-0.15, -0.1) is 10.2 Å². The van der Waals surface area contributed by atoms with Crippen LogP contribution >= 0.6 is 23.2 Å². The van der Waals surface area contributed by atoms with Gasteiger partial charge in [-0.25, -0.2) is 4.98 Å². The quantitative estimate of drug-likeness (QED) is 0.592. The van der Waals surface area contributed by atoms with Gasteiger partial charge in [0.2, 0.25) is 5.82 Å². The van der Waals surface area contributed by atoms with E-state index in [1.165, 1.54) is 0 Å². The van der Waals surface area contributed by atoms with Crippen molar-refractivity contribution >= 4 is 29.1 Å². The number of halogens is 2. The molecule has 0 spiro atoms. The second kappa shape index (κ2) is 7.39. The van der Waals surface area contributed by atoms with Crippen LogP contribution in [0.1, 0.15) is 27.7 Å². The standard InChI is InChI=1S/C19H13Cl2N5O/c20-14-3-1-2-13(10-14)19(27)25-8-9-26-17(23-24-18(26)12-25)5-4-16-11-15(21)6-7-22-16/h1-3,6-7,10-11H,8-9,12H2. The van der Waals surface area contributed by atoms with Gasteiger partial charge < -0.3 is 9.47 Å². The molecular formula is C19H13Cl2N5O. The first-order valence-corrected chi connectivity index (χ1v) is 8.96. The van der Waals surface area contributed by atoms with Crippen LogP contribution in [0.15, 0.2) is 42.6 Å². The number of aromatic nitrogens is 4. The van der Waals surface area contributed by atoms with E-state index in [9.17, 15) is 4.79 Å². The zero-order chi connectivity index (χ0) is 18.8. The predicted molar refractivity (Wildman–Crippen MR) is 101 cm³/mol. The first-order chi connectivity index (χ1) is 13.1. The molecule has 1 aromatic carbocycles. The highest BCUT2D eigenvalue weighted by molar-refractivity contribution is 6.31. The van der Waals surface area contributed by atoms with Gasteiger partial charge in [-0.1, -0.05) is 29.3 Å². The van der Waals surface area contributed by atoms with Gasteiger partial charge in [0.05, 0.1) is 6.54 Å². The fourth-order valence-electron chi connectivity index (χ4n) is 2.82. The van der Waals surface area contributed by atoms with Gasteiger partial charge in [-0.2, -0.15) is 0 Å². The molecule has 0 saturated heterocycles. The summed E-state index contributed by atoms with van der Waals surface area (Å²) < 4.78 is 1.92. The monoisotopic (exact) mass is 397 g/mol. The Morgan fingerprint density at radius 2 is 1.89 bits per heavy atom. The Morgan fingerprint density at radius 3 is 2.70 bits per heavy atom. The van der Waals surface area contributed by atoms with Gasteiger partial charge in [-0.3, -0.25) is 4.79 Å². The number of hydrogen-bond donors (Lipinski definition) is 0. The minimum absolute atomic E-state index is 0.0810. The zero-order valence-electron chi connectivity index (χ0n) is 14.1. The lowest BCUT2D eigenvalue weighted by molar-refractivity contribution is 0.0707. The minimum atomic E-state index is -0.0810. The van der Waals surface area contributed by atoms with E-state index in [1.54, 1.807) is 47.5 Å². The van der Waals surface area contributed by atoms with Crippen LogP contribution in [0.2, 0.25) is 10.0 Å². The molecule has 3 heterocycles. The molecule has 3 aromatic rings. The second-order valence-electron chi connectivity index (χ2n) is 5.94. The number of nitrogens with zero attached hydrogens (tertiary/aromatic N) is 5. The third kappa shape index (κ3) is 3.80. The lowest BCUT2D eigenvalue weighted by Crippen LogP contribution is -2.38. The van der Waals surface area contributed by atoms with Crippen molar-refractivity contribution in [1.82, 2.24) is 24.6 Å². The van der Waals surface area contributed by atoms with Crippen molar-refractivity contribution in [3.63, 3.8) is 0 Å². The van der Waals surface area contributed by atoms with Gasteiger partial charge in [-0.05, 0) is 42.2 Å². The molecule has 8 heteroatoms. The van der Waals surface area contributed by atoms with Crippen molar-refractivity contribution in [2.45, 2.75) is 13.1 Å². The lowest BCUT2D eigenvalue weighted by Gasteiger charge is -2.27. The van der Waals surface area contributed by atoms with E-state index in [0.717, 1.165) is 0 Å². The summed E-state index contributed by atoms with van der Waals surface area (Å²) in [6.07, 6.45) is 1.60. The van der Waals surface area contributed by atoms with Crippen molar-refractivity contribution in [2.24, 2.45) is 0 Å². The van der Waals surface area contributed by atoms with Crippen LogP contribution in [0, 0.1) is 11.8 Å². The Hall–Kier alpha value is -2.88. The number of benzene rings is 1. The first kappa shape index (κ1) is 17.5. The van der Waals surface area contributed by atoms with E-state index in [0.29, 0.717) is 52.6 Å². The molecule has 0 aliphatic carbocycles. The van der Waals surface area contributed by atoms with Crippen molar-refractivity contribution in [3.05, 3.63) is 75.5 Å². The lowest BCUT2D eigenvalue weighted by atomic mass is 10.2. The molecule has 0 unspecified atom stereocenters. The topological polar surface area (TPSA) is 63.9 Å². The Balaban J connectivity index is 1.53. The van der Waals surface area contributed by atoms with Gasteiger partial charge in [0.1, 0.15) is 5.69 Å². The zero-order valence-corrected chi connectivity index (χ0v) is 15.6. The maximum absolute atomic E-state index is 12.7. The van der Waals surface area contributed by atoms with E-state index in [1.807, 2.05) is 4.57 Å². The number of carbonyl (C=O) groups excluding carboxylic acids is 1. The Kier molecular flexibility index (Phi) is 4.80. The highest BCUT2D eigenvalue weighted by Gasteiger charge is 2.24. The van der Waals surface area contributed by atoms with E-state index >= 15 is 0 Å². The second-order valence-corrected chi connectivity index (χ2v) is 6.81. The smallest absolute Gasteiger partial charge is 0.254 e. The highest BCUT2D eigenvalue weighted by Crippen LogP contribution is 2.17. The maximum Gasteiger partial charge on any atom is 0.254 e. The molecule has 27 heavy (non-hydrogen) atoms. The number of hydrogen-bond acceptors (Lipinski definition) is 4. The van der Waals surface area contributed by atoms with Crippen molar-refractivity contribution in [3.8, 4) is 11.8 Å².